The fraction of sp³-hybridized carbons (Fsp3) is 0.167. The number of thioether (sulfide) groups is 2. The quantitative estimate of drug-likeness (QED) is 0.0639. The fourth-order valence-electron chi connectivity index (χ4n) is 3.77. The van der Waals surface area contributed by atoms with Crippen molar-refractivity contribution in [3.63, 3.8) is 0 Å². The maximum atomic E-state index is 13.4. The van der Waals surface area contributed by atoms with Crippen molar-refractivity contribution in [3.05, 3.63) is 106 Å². The van der Waals surface area contributed by atoms with Crippen molar-refractivity contribution in [1.29, 1.82) is 0 Å². The summed E-state index contributed by atoms with van der Waals surface area (Å²) in [6.07, 6.45) is 1.99. The standard InChI is InChI=1S/C30H28N6O5S3/c1-3-25(28(39)33-29-34-30(35-44-29)42-4-2)43-23-12-8-11-21(18-23)31-27(38)24(32-26(37)20-9-6-5-7-10-20)17-19-13-15-22(16-14-19)36(40)41/h5-18,25H,3-4H2,1-2H3,(H,31,38)(H,32,37)(H,33,34,35,39)/b24-17+. The van der Waals surface area contributed by atoms with Crippen LogP contribution in [0.1, 0.15) is 36.2 Å². The lowest BCUT2D eigenvalue weighted by Gasteiger charge is -2.15. The summed E-state index contributed by atoms with van der Waals surface area (Å²) < 4.78 is 4.23. The Bertz CT molecular complexity index is 1660. The first kappa shape index (κ1) is 32.4. The van der Waals surface area contributed by atoms with Gasteiger partial charge in [0.15, 0.2) is 0 Å². The lowest BCUT2D eigenvalue weighted by Crippen LogP contribution is -2.30. The molecule has 11 nitrogen and oxygen atoms in total. The van der Waals surface area contributed by atoms with Crippen molar-refractivity contribution >= 4 is 75.4 Å². The third kappa shape index (κ3) is 9.23. The van der Waals surface area contributed by atoms with Crippen molar-refractivity contribution in [2.24, 2.45) is 0 Å². The van der Waals surface area contributed by atoms with Crippen molar-refractivity contribution in [2.45, 2.75) is 35.6 Å². The molecule has 0 radical (unpaired) electrons. The molecule has 0 fully saturated rings. The monoisotopic (exact) mass is 648 g/mol. The van der Waals surface area contributed by atoms with E-state index in [2.05, 4.69) is 25.3 Å². The number of nitro groups is 1. The Kier molecular flexibility index (Phi) is 11.6. The van der Waals surface area contributed by atoms with Crippen LogP contribution in [0, 0.1) is 10.1 Å². The molecule has 1 heterocycles. The van der Waals surface area contributed by atoms with E-state index >= 15 is 0 Å². The van der Waals surface area contributed by atoms with Gasteiger partial charge in [0.2, 0.25) is 16.2 Å². The van der Waals surface area contributed by atoms with Crippen molar-refractivity contribution in [1.82, 2.24) is 14.7 Å². The summed E-state index contributed by atoms with van der Waals surface area (Å²) in [7, 11) is 0. The summed E-state index contributed by atoms with van der Waals surface area (Å²) in [5.41, 5.74) is 1.12. The number of aromatic nitrogens is 2. The van der Waals surface area contributed by atoms with E-state index in [1.807, 2.05) is 19.9 Å². The van der Waals surface area contributed by atoms with Gasteiger partial charge in [0.05, 0.1) is 10.2 Å². The molecule has 1 unspecified atom stereocenters. The number of carbonyl (C=O) groups excluding carboxylic acids is 3. The van der Waals surface area contributed by atoms with E-state index in [9.17, 15) is 24.5 Å². The zero-order valence-corrected chi connectivity index (χ0v) is 26.1. The second kappa shape index (κ2) is 15.8. The number of nitrogens with one attached hydrogen (secondary N) is 3. The molecule has 0 saturated carbocycles. The molecule has 0 bridgehead atoms. The van der Waals surface area contributed by atoms with Gasteiger partial charge in [-0.2, -0.15) is 9.36 Å². The van der Waals surface area contributed by atoms with Crippen LogP contribution in [0.5, 0.6) is 0 Å². The third-order valence-electron chi connectivity index (χ3n) is 5.89. The number of rotatable bonds is 13. The van der Waals surface area contributed by atoms with Crippen LogP contribution in [0.3, 0.4) is 0 Å². The van der Waals surface area contributed by atoms with Gasteiger partial charge in [-0.15, -0.1) is 11.8 Å². The summed E-state index contributed by atoms with van der Waals surface area (Å²) in [5.74, 6) is -0.464. The number of carbonyl (C=O) groups is 3. The molecule has 4 aromatic rings. The highest BCUT2D eigenvalue weighted by atomic mass is 32.2. The second-order valence-corrected chi connectivity index (χ2v) is 12.3. The largest absolute Gasteiger partial charge is 0.321 e. The Hall–Kier alpha value is -4.53. The van der Waals surface area contributed by atoms with E-state index in [4.69, 9.17) is 0 Å². The van der Waals surface area contributed by atoms with E-state index in [1.165, 1.54) is 53.9 Å². The topological polar surface area (TPSA) is 156 Å². The molecule has 0 spiro atoms. The highest BCUT2D eigenvalue weighted by molar-refractivity contribution is 8.00. The Labute approximate surface area is 266 Å². The van der Waals surface area contributed by atoms with Gasteiger partial charge in [0.25, 0.3) is 17.5 Å². The molecule has 4 rings (SSSR count). The second-order valence-electron chi connectivity index (χ2n) is 9.03. The normalized spacial score (nSPS) is 11.8. The molecule has 0 aliphatic rings. The van der Waals surface area contributed by atoms with Gasteiger partial charge in [-0.1, -0.05) is 49.9 Å². The summed E-state index contributed by atoms with van der Waals surface area (Å²) >= 11 is 3.98. The summed E-state index contributed by atoms with van der Waals surface area (Å²) in [5, 5.41) is 20.0. The van der Waals surface area contributed by atoms with Gasteiger partial charge in [-0.25, -0.2) is 0 Å². The number of nitrogens with zero attached hydrogens (tertiary/aromatic N) is 3. The molecule has 3 aromatic carbocycles. The molecule has 3 N–H and O–H groups in total. The summed E-state index contributed by atoms with van der Waals surface area (Å²) in [4.78, 5) is 54.9. The van der Waals surface area contributed by atoms with Crippen LogP contribution < -0.4 is 16.0 Å². The molecule has 226 valence electrons. The lowest BCUT2D eigenvalue weighted by molar-refractivity contribution is -0.384. The van der Waals surface area contributed by atoms with E-state index in [0.717, 1.165) is 22.2 Å². The molecule has 0 saturated heterocycles. The Morgan fingerprint density at radius 2 is 1.75 bits per heavy atom. The number of benzene rings is 3. The van der Waals surface area contributed by atoms with Gasteiger partial charge in [0.1, 0.15) is 5.70 Å². The minimum atomic E-state index is -0.600. The number of hydrogen-bond acceptors (Lipinski definition) is 10. The number of hydrogen-bond donors (Lipinski definition) is 3. The average molecular weight is 649 g/mol. The lowest BCUT2D eigenvalue weighted by atomic mass is 10.1. The van der Waals surface area contributed by atoms with Crippen LogP contribution in [-0.2, 0) is 9.59 Å². The maximum Gasteiger partial charge on any atom is 0.272 e. The maximum absolute atomic E-state index is 13.4. The number of nitro benzene ring substituents is 1. The van der Waals surface area contributed by atoms with Crippen LogP contribution >= 0.6 is 35.1 Å². The molecule has 14 heteroatoms. The van der Waals surface area contributed by atoms with Crippen molar-refractivity contribution in [3.8, 4) is 0 Å². The van der Waals surface area contributed by atoms with E-state index in [1.54, 1.807) is 48.5 Å². The third-order valence-corrected chi connectivity index (χ3v) is 8.72. The van der Waals surface area contributed by atoms with Gasteiger partial charge < -0.3 is 10.6 Å². The van der Waals surface area contributed by atoms with Crippen LogP contribution in [0.4, 0.5) is 16.5 Å². The minimum Gasteiger partial charge on any atom is -0.321 e. The SMILES string of the molecule is CCSc1nsc(NC(=O)C(CC)Sc2cccc(NC(=O)/C(=C\c3ccc([N+](=O)[O-])cc3)NC(=O)c3ccccc3)c2)n1. The number of anilines is 2. The highest BCUT2D eigenvalue weighted by Gasteiger charge is 2.21. The van der Waals surface area contributed by atoms with Gasteiger partial charge in [0, 0.05) is 39.8 Å². The van der Waals surface area contributed by atoms with Crippen LogP contribution in [0.2, 0.25) is 0 Å². The molecule has 1 atom stereocenters. The van der Waals surface area contributed by atoms with E-state index < -0.39 is 22.0 Å². The number of non-ortho nitro benzene ring substituents is 1. The molecular weight excluding hydrogens is 621 g/mol. The smallest absolute Gasteiger partial charge is 0.272 e. The molecule has 44 heavy (non-hydrogen) atoms. The van der Waals surface area contributed by atoms with E-state index in [0.29, 0.717) is 33.5 Å². The average Bonchev–Trinajstić information content (AvgIpc) is 3.47. The predicted octanol–water partition coefficient (Wildman–Crippen LogP) is 6.48. The molecule has 3 amide bonds. The first-order chi connectivity index (χ1) is 21.2. The predicted molar refractivity (Wildman–Crippen MR) is 175 cm³/mol. The minimum absolute atomic E-state index is 0.0609. The fourth-order valence-corrected chi connectivity index (χ4v) is 6.05. The first-order valence-corrected chi connectivity index (χ1v) is 16.1. The van der Waals surface area contributed by atoms with Crippen LogP contribution in [0.25, 0.3) is 6.08 Å². The number of amides is 3. The zero-order chi connectivity index (χ0) is 31.5. The first-order valence-electron chi connectivity index (χ1n) is 13.4. The Morgan fingerprint density at radius 3 is 2.43 bits per heavy atom. The molecule has 0 aliphatic carbocycles. The van der Waals surface area contributed by atoms with Gasteiger partial charge in [-0.3, -0.25) is 29.8 Å². The van der Waals surface area contributed by atoms with Crippen LogP contribution in [0.15, 0.2) is 94.6 Å². The molecular formula is C30H28N6O5S3. The highest BCUT2D eigenvalue weighted by Crippen LogP contribution is 2.29. The zero-order valence-electron chi connectivity index (χ0n) is 23.7. The van der Waals surface area contributed by atoms with Crippen molar-refractivity contribution < 1.29 is 19.3 Å². The van der Waals surface area contributed by atoms with Crippen molar-refractivity contribution in [2.75, 3.05) is 16.4 Å². The van der Waals surface area contributed by atoms with E-state index in [-0.39, 0.29) is 17.3 Å². The molecule has 1 aromatic heterocycles. The summed E-state index contributed by atoms with van der Waals surface area (Å²) in [6.45, 7) is 3.91. The van der Waals surface area contributed by atoms with Gasteiger partial charge in [-0.05, 0) is 66.3 Å². The van der Waals surface area contributed by atoms with Gasteiger partial charge >= 0.3 is 0 Å². The summed E-state index contributed by atoms with van der Waals surface area (Å²) in [6, 6.07) is 21.0. The Morgan fingerprint density at radius 1 is 1.00 bits per heavy atom. The molecule has 0 aliphatic heterocycles. The Balaban J connectivity index is 1.49. The van der Waals surface area contributed by atoms with Crippen LogP contribution in [-0.4, -0.2) is 43.0 Å².